The summed E-state index contributed by atoms with van der Waals surface area (Å²) in [7, 11) is 1.41. The summed E-state index contributed by atoms with van der Waals surface area (Å²) in [5.74, 6) is 0.233. The van der Waals surface area contributed by atoms with Crippen LogP contribution in [-0.2, 0) is 9.05 Å². The summed E-state index contributed by atoms with van der Waals surface area (Å²) in [5.41, 5.74) is 0.161. The lowest BCUT2D eigenvalue weighted by Gasteiger charge is -2.12. The number of nitrogens with one attached hydrogen (secondary N) is 1. The Hall–Kier alpha value is -1.27. The number of amides is 1. The van der Waals surface area contributed by atoms with E-state index in [1.807, 2.05) is 13.8 Å². The fourth-order valence-corrected chi connectivity index (χ4v) is 2.29. The Kier molecular flexibility index (Phi) is 5.83. The third-order valence-electron chi connectivity index (χ3n) is 2.45. The zero-order valence-corrected chi connectivity index (χ0v) is 13.2. The molecule has 0 aromatic heterocycles. The summed E-state index contributed by atoms with van der Waals surface area (Å²) in [5, 5.41) is 2.72. The average molecular weight is 320 g/mol. The Balaban J connectivity index is 3.15. The van der Waals surface area contributed by atoms with Crippen molar-refractivity contribution in [1.82, 2.24) is 5.32 Å². The molecule has 0 heterocycles. The van der Waals surface area contributed by atoms with Crippen LogP contribution in [0, 0.1) is 5.92 Å². The molecule has 1 aromatic carbocycles. The van der Waals surface area contributed by atoms with Gasteiger partial charge in [0, 0.05) is 17.2 Å². The van der Waals surface area contributed by atoms with Gasteiger partial charge in [0.05, 0.1) is 17.1 Å². The van der Waals surface area contributed by atoms with Gasteiger partial charge in [-0.25, -0.2) is 8.42 Å². The molecule has 1 N–H and O–H groups in total. The molecule has 0 aliphatic heterocycles. The van der Waals surface area contributed by atoms with Crippen molar-refractivity contribution in [2.24, 2.45) is 5.92 Å². The van der Waals surface area contributed by atoms with Crippen molar-refractivity contribution in [2.45, 2.75) is 25.7 Å². The molecule has 0 fully saturated rings. The van der Waals surface area contributed by atoms with Crippen molar-refractivity contribution in [3.05, 3.63) is 23.8 Å². The molecule has 0 atom stereocenters. The van der Waals surface area contributed by atoms with Gasteiger partial charge < -0.3 is 10.1 Å². The summed E-state index contributed by atoms with van der Waals surface area (Å²) in [4.78, 5) is 12.0. The van der Waals surface area contributed by atoms with Crippen molar-refractivity contribution in [3.8, 4) is 5.75 Å². The van der Waals surface area contributed by atoms with Crippen LogP contribution >= 0.6 is 10.7 Å². The Morgan fingerprint density at radius 2 is 2.05 bits per heavy atom. The maximum atomic E-state index is 12.1. The van der Waals surface area contributed by atoms with Crippen molar-refractivity contribution in [2.75, 3.05) is 13.2 Å². The molecule has 0 aliphatic rings. The van der Waals surface area contributed by atoms with Gasteiger partial charge in [-0.05, 0) is 31.0 Å². The van der Waals surface area contributed by atoms with E-state index >= 15 is 0 Å². The van der Waals surface area contributed by atoms with Gasteiger partial charge in [-0.2, -0.15) is 0 Å². The molecule has 0 saturated heterocycles. The molecule has 0 radical (unpaired) electrons. The molecule has 1 aromatic rings. The minimum atomic E-state index is -3.89. The lowest BCUT2D eigenvalue weighted by molar-refractivity contribution is 0.0945. The highest BCUT2D eigenvalue weighted by atomic mass is 35.7. The molecule has 5 nitrogen and oxygen atoms in total. The minimum absolute atomic E-state index is 0.127. The highest BCUT2D eigenvalue weighted by molar-refractivity contribution is 8.13. The second kappa shape index (κ2) is 6.95. The first-order chi connectivity index (χ1) is 9.25. The topological polar surface area (TPSA) is 72.5 Å². The maximum absolute atomic E-state index is 12.1. The fraction of sp³-hybridized carbons (Fsp3) is 0.462. The number of carbonyl (C=O) groups excluding carboxylic acids is 1. The number of benzene rings is 1. The van der Waals surface area contributed by atoms with E-state index in [0.717, 1.165) is 0 Å². The van der Waals surface area contributed by atoms with Crippen LogP contribution in [0.5, 0.6) is 5.75 Å². The maximum Gasteiger partial charge on any atom is 0.261 e. The first-order valence-corrected chi connectivity index (χ1v) is 8.56. The lowest BCUT2D eigenvalue weighted by atomic mass is 10.1. The third kappa shape index (κ3) is 4.68. The van der Waals surface area contributed by atoms with Crippen molar-refractivity contribution in [1.29, 1.82) is 0 Å². The highest BCUT2D eigenvalue weighted by Crippen LogP contribution is 2.24. The molecular formula is C13H18ClNO4S. The lowest BCUT2D eigenvalue weighted by Crippen LogP contribution is -2.27. The molecule has 0 unspecified atom stereocenters. The number of rotatable bonds is 6. The second-order valence-electron chi connectivity index (χ2n) is 4.63. The largest absolute Gasteiger partial charge is 0.493 e. The summed E-state index contributed by atoms with van der Waals surface area (Å²) in [6.45, 7) is 6.56. The SMILES string of the molecule is CCOc1ccc(S(=O)(=O)Cl)cc1C(=O)NCC(C)C. The minimum Gasteiger partial charge on any atom is -0.493 e. The number of ether oxygens (including phenoxy) is 1. The van der Waals surface area contributed by atoms with Gasteiger partial charge in [-0.3, -0.25) is 4.79 Å². The van der Waals surface area contributed by atoms with E-state index in [0.29, 0.717) is 18.9 Å². The molecule has 112 valence electrons. The van der Waals surface area contributed by atoms with E-state index in [2.05, 4.69) is 5.32 Å². The Labute approximate surface area is 123 Å². The molecule has 20 heavy (non-hydrogen) atoms. The Morgan fingerprint density at radius 1 is 1.40 bits per heavy atom. The van der Waals surface area contributed by atoms with E-state index < -0.39 is 9.05 Å². The molecule has 0 spiro atoms. The van der Waals surface area contributed by atoms with Gasteiger partial charge in [-0.1, -0.05) is 13.8 Å². The van der Waals surface area contributed by atoms with Crippen LogP contribution in [0.4, 0.5) is 0 Å². The predicted molar refractivity (Wildman–Crippen MR) is 77.8 cm³/mol. The first kappa shape index (κ1) is 16.8. The smallest absolute Gasteiger partial charge is 0.261 e. The summed E-state index contributed by atoms with van der Waals surface area (Å²) < 4.78 is 28.0. The molecule has 0 bridgehead atoms. The average Bonchev–Trinajstić information content (AvgIpc) is 2.35. The normalized spacial score (nSPS) is 11.4. The molecule has 0 saturated carbocycles. The summed E-state index contributed by atoms with van der Waals surface area (Å²) in [6, 6.07) is 3.97. The van der Waals surface area contributed by atoms with Crippen LogP contribution in [0.1, 0.15) is 31.1 Å². The fourth-order valence-electron chi connectivity index (χ4n) is 1.51. The van der Waals surface area contributed by atoms with Crippen LogP contribution in [0.2, 0.25) is 0 Å². The van der Waals surface area contributed by atoms with E-state index in [1.54, 1.807) is 6.92 Å². The summed E-state index contributed by atoms with van der Waals surface area (Å²) >= 11 is 0. The van der Waals surface area contributed by atoms with Gasteiger partial charge in [0.2, 0.25) is 0 Å². The molecule has 1 amide bonds. The van der Waals surface area contributed by atoms with Gasteiger partial charge in [-0.15, -0.1) is 0 Å². The first-order valence-electron chi connectivity index (χ1n) is 6.25. The van der Waals surface area contributed by atoms with Crippen LogP contribution in [-0.4, -0.2) is 27.5 Å². The highest BCUT2D eigenvalue weighted by Gasteiger charge is 2.18. The number of hydrogen-bond donors (Lipinski definition) is 1. The van der Waals surface area contributed by atoms with Crippen LogP contribution in [0.3, 0.4) is 0 Å². The van der Waals surface area contributed by atoms with Gasteiger partial charge in [0.25, 0.3) is 15.0 Å². The summed E-state index contributed by atoms with van der Waals surface area (Å²) in [6.07, 6.45) is 0. The number of hydrogen-bond acceptors (Lipinski definition) is 4. The molecular weight excluding hydrogens is 302 g/mol. The number of halogens is 1. The third-order valence-corrected chi connectivity index (χ3v) is 3.80. The Morgan fingerprint density at radius 3 is 2.55 bits per heavy atom. The standard InChI is InChI=1S/C13H18ClNO4S/c1-4-19-12-6-5-10(20(14,17)18)7-11(12)13(16)15-8-9(2)3/h5-7,9H,4,8H2,1-3H3,(H,15,16). The van der Waals surface area contributed by atoms with Crippen molar-refractivity contribution >= 4 is 25.6 Å². The van der Waals surface area contributed by atoms with Gasteiger partial charge in [0.15, 0.2) is 0 Å². The van der Waals surface area contributed by atoms with Crippen molar-refractivity contribution < 1.29 is 17.9 Å². The monoisotopic (exact) mass is 319 g/mol. The van der Waals surface area contributed by atoms with Crippen LogP contribution in [0.25, 0.3) is 0 Å². The molecule has 7 heteroatoms. The quantitative estimate of drug-likeness (QED) is 0.817. The van der Waals surface area contributed by atoms with Crippen LogP contribution < -0.4 is 10.1 Å². The van der Waals surface area contributed by atoms with Crippen molar-refractivity contribution in [3.63, 3.8) is 0 Å². The Bertz CT molecular complexity index is 584. The zero-order valence-electron chi connectivity index (χ0n) is 11.6. The van der Waals surface area contributed by atoms with Gasteiger partial charge in [0.1, 0.15) is 5.75 Å². The molecule has 1 rings (SSSR count). The van der Waals surface area contributed by atoms with E-state index in [1.165, 1.54) is 18.2 Å². The van der Waals surface area contributed by atoms with E-state index in [-0.39, 0.29) is 22.3 Å². The van der Waals surface area contributed by atoms with Crippen LogP contribution in [0.15, 0.2) is 23.1 Å². The number of carbonyl (C=O) groups is 1. The van der Waals surface area contributed by atoms with E-state index in [4.69, 9.17) is 15.4 Å². The van der Waals surface area contributed by atoms with Gasteiger partial charge >= 0.3 is 0 Å². The molecule has 0 aliphatic carbocycles. The van der Waals surface area contributed by atoms with E-state index in [9.17, 15) is 13.2 Å². The predicted octanol–water partition coefficient (Wildman–Crippen LogP) is 2.40. The second-order valence-corrected chi connectivity index (χ2v) is 7.20. The zero-order chi connectivity index (χ0) is 15.3.